The first-order chi connectivity index (χ1) is 15.6. The third kappa shape index (κ3) is 5.20. The molecule has 0 amide bonds. The van der Waals surface area contributed by atoms with Crippen LogP contribution in [0.4, 0.5) is 5.69 Å². The number of fused-ring (bicyclic) bond motifs is 1. The van der Waals surface area contributed by atoms with Gasteiger partial charge < -0.3 is 29.4 Å². The van der Waals surface area contributed by atoms with E-state index in [9.17, 15) is 4.79 Å². The fraction of sp³-hybridized carbons (Fsp3) is 0.333. The fourth-order valence-corrected chi connectivity index (χ4v) is 4.06. The number of nitrogens with one attached hydrogen (secondary N) is 2. The molecule has 32 heavy (non-hydrogen) atoms. The van der Waals surface area contributed by atoms with E-state index in [1.807, 2.05) is 53.4 Å². The van der Waals surface area contributed by atoms with Gasteiger partial charge in [-0.1, -0.05) is 0 Å². The molecule has 0 aliphatic carbocycles. The Hall–Kier alpha value is -3.10. The molecule has 0 saturated carbocycles. The molecule has 1 atom stereocenters. The molecule has 1 saturated heterocycles. The molecule has 1 aliphatic rings. The van der Waals surface area contributed by atoms with Crippen molar-refractivity contribution in [3.8, 4) is 11.5 Å². The van der Waals surface area contributed by atoms with Crippen LogP contribution in [-0.4, -0.2) is 48.5 Å². The van der Waals surface area contributed by atoms with Crippen molar-refractivity contribution in [2.45, 2.75) is 25.5 Å². The minimum atomic E-state index is -0.143. The third-order valence-electron chi connectivity index (χ3n) is 5.57. The standard InChI is InChI=1S/C24H27N3O4S/c1-29-19-9-6-18(7-10-19)25-24(32)27(15-21-4-3-11-31-21)14-17-12-16-5-8-20(30-2)13-22(16)26-23(17)28/h5-10,12-13,21H,3-4,11,14-15H2,1-2H3,(H,25,32)(H,26,28)/t21-/m0/s1. The van der Waals surface area contributed by atoms with Crippen LogP contribution < -0.4 is 20.3 Å². The van der Waals surface area contributed by atoms with Crippen LogP contribution in [0.5, 0.6) is 11.5 Å². The molecule has 2 aromatic carbocycles. The number of benzene rings is 2. The highest BCUT2D eigenvalue weighted by Crippen LogP contribution is 2.21. The second-order valence-electron chi connectivity index (χ2n) is 7.75. The lowest BCUT2D eigenvalue weighted by atomic mass is 10.1. The van der Waals surface area contributed by atoms with E-state index in [1.165, 1.54) is 0 Å². The summed E-state index contributed by atoms with van der Waals surface area (Å²) in [6.07, 6.45) is 2.11. The van der Waals surface area contributed by atoms with E-state index < -0.39 is 0 Å². The van der Waals surface area contributed by atoms with E-state index >= 15 is 0 Å². The Labute approximate surface area is 192 Å². The number of methoxy groups -OCH3 is 2. The van der Waals surface area contributed by atoms with Gasteiger partial charge in [0.1, 0.15) is 11.5 Å². The number of thiocarbonyl (C=S) groups is 1. The lowest BCUT2D eigenvalue weighted by Gasteiger charge is -2.28. The Bertz CT molecular complexity index is 1140. The molecule has 7 nitrogen and oxygen atoms in total. The summed E-state index contributed by atoms with van der Waals surface area (Å²) in [5.41, 5.74) is 2.09. The first kappa shape index (κ1) is 22.1. The molecule has 0 unspecified atom stereocenters. The first-order valence-corrected chi connectivity index (χ1v) is 11.0. The van der Waals surface area contributed by atoms with Crippen molar-refractivity contribution >= 4 is 33.9 Å². The Balaban J connectivity index is 1.57. The summed E-state index contributed by atoms with van der Waals surface area (Å²) >= 11 is 5.72. The minimum Gasteiger partial charge on any atom is -0.497 e. The maximum Gasteiger partial charge on any atom is 0.253 e. The number of nitrogens with zero attached hydrogens (tertiary/aromatic N) is 1. The molecule has 2 N–H and O–H groups in total. The molecular weight excluding hydrogens is 426 g/mol. The number of aromatic nitrogens is 1. The van der Waals surface area contributed by atoms with Crippen molar-refractivity contribution < 1.29 is 14.2 Å². The van der Waals surface area contributed by atoms with Gasteiger partial charge in [0.15, 0.2) is 5.11 Å². The largest absolute Gasteiger partial charge is 0.497 e. The molecule has 3 aromatic rings. The van der Waals surface area contributed by atoms with E-state index in [-0.39, 0.29) is 11.7 Å². The van der Waals surface area contributed by atoms with Gasteiger partial charge in [0.2, 0.25) is 0 Å². The topological polar surface area (TPSA) is 75.8 Å². The molecule has 0 radical (unpaired) electrons. The van der Waals surface area contributed by atoms with Gasteiger partial charge in [0.05, 0.1) is 32.4 Å². The quantitative estimate of drug-likeness (QED) is 0.525. The highest BCUT2D eigenvalue weighted by Gasteiger charge is 2.22. The van der Waals surface area contributed by atoms with Gasteiger partial charge in [-0.2, -0.15) is 0 Å². The summed E-state index contributed by atoms with van der Waals surface area (Å²) in [5.74, 6) is 1.47. The maximum absolute atomic E-state index is 12.8. The maximum atomic E-state index is 12.8. The summed E-state index contributed by atoms with van der Waals surface area (Å²) in [7, 11) is 3.24. The average molecular weight is 454 g/mol. The number of rotatable bonds is 7. The van der Waals surface area contributed by atoms with E-state index in [2.05, 4.69) is 10.3 Å². The van der Waals surface area contributed by atoms with E-state index in [0.717, 1.165) is 41.8 Å². The number of pyridine rings is 1. The Morgan fingerprint density at radius 3 is 2.59 bits per heavy atom. The second kappa shape index (κ2) is 10.0. The van der Waals surface area contributed by atoms with Crippen molar-refractivity contribution in [1.29, 1.82) is 0 Å². The van der Waals surface area contributed by atoms with Gasteiger partial charge in [0.25, 0.3) is 5.56 Å². The van der Waals surface area contributed by atoms with Gasteiger partial charge in [0, 0.05) is 30.5 Å². The number of hydrogen-bond acceptors (Lipinski definition) is 5. The first-order valence-electron chi connectivity index (χ1n) is 10.6. The molecule has 2 heterocycles. The van der Waals surface area contributed by atoms with Crippen LogP contribution in [0.3, 0.4) is 0 Å². The van der Waals surface area contributed by atoms with Crippen LogP contribution in [0.1, 0.15) is 18.4 Å². The van der Waals surface area contributed by atoms with Gasteiger partial charge in [-0.05, 0) is 72.9 Å². The van der Waals surface area contributed by atoms with Gasteiger partial charge in [-0.25, -0.2) is 0 Å². The van der Waals surface area contributed by atoms with Crippen molar-refractivity contribution in [1.82, 2.24) is 9.88 Å². The van der Waals surface area contributed by atoms with Crippen molar-refractivity contribution in [2.24, 2.45) is 0 Å². The molecule has 168 valence electrons. The van der Waals surface area contributed by atoms with Gasteiger partial charge in [-0.3, -0.25) is 4.79 Å². The second-order valence-corrected chi connectivity index (χ2v) is 8.14. The summed E-state index contributed by atoms with van der Waals surface area (Å²) in [5, 5.41) is 4.75. The zero-order valence-corrected chi connectivity index (χ0v) is 19.0. The SMILES string of the molecule is COc1ccc(NC(=S)N(Cc2cc3ccc(OC)cc3[nH]c2=O)C[C@@H]2CCCO2)cc1. The highest BCUT2D eigenvalue weighted by molar-refractivity contribution is 7.80. The van der Waals surface area contributed by atoms with Crippen molar-refractivity contribution in [3.63, 3.8) is 0 Å². The van der Waals surface area contributed by atoms with Crippen LogP contribution in [0.25, 0.3) is 10.9 Å². The molecule has 4 rings (SSSR count). The summed E-state index contributed by atoms with van der Waals surface area (Å²) in [4.78, 5) is 17.8. The number of aromatic amines is 1. The number of H-pyrrole nitrogens is 1. The number of anilines is 1. The Morgan fingerprint density at radius 2 is 1.91 bits per heavy atom. The van der Waals surface area contributed by atoms with Crippen LogP contribution in [0.2, 0.25) is 0 Å². The normalized spacial score (nSPS) is 15.5. The zero-order chi connectivity index (χ0) is 22.5. The minimum absolute atomic E-state index is 0.0921. The summed E-state index contributed by atoms with van der Waals surface area (Å²) < 4.78 is 16.3. The van der Waals surface area contributed by atoms with Crippen LogP contribution >= 0.6 is 12.2 Å². The zero-order valence-electron chi connectivity index (χ0n) is 18.2. The Morgan fingerprint density at radius 1 is 1.16 bits per heavy atom. The van der Waals surface area contributed by atoms with Gasteiger partial charge in [-0.15, -0.1) is 0 Å². The summed E-state index contributed by atoms with van der Waals surface area (Å²) in [6.45, 7) is 1.75. The van der Waals surface area contributed by atoms with E-state index in [1.54, 1.807) is 14.2 Å². The smallest absolute Gasteiger partial charge is 0.253 e. The van der Waals surface area contributed by atoms with Crippen LogP contribution in [0.15, 0.2) is 53.3 Å². The predicted octanol–water partition coefficient (Wildman–Crippen LogP) is 3.92. The van der Waals surface area contributed by atoms with E-state index in [0.29, 0.717) is 29.5 Å². The lowest BCUT2D eigenvalue weighted by molar-refractivity contribution is 0.0904. The van der Waals surface area contributed by atoms with Crippen molar-refractivity contribution in [2.75, 3.05) is 32.7 Å². The highest BCUT2D eigenvalue weighted by atomic mass is 32.1. The number of hydrogen-bond donors (Lipinski definition) is 2. The monoisotopic (exact) mass is 453 g/mol. The molecular formula is C24H27N3O4S. The van der Waals surface area contributed by atoms with Crippen LogP contribution in [0, 0.1) is 0 Å². The van der Waals surface area contributed by atoms with Crippen molar-refractivity contribution in [3.05, 3.63) is 64.4 Å². The average Bonchev–Trinajstić information content (AvgIpc) is 3.32. The lowest BCUT2D eigenvalue weighted by Crippen LogP contribution is -2.40. The molecule has 1 aliphatic heterocycles. The fourth-order valence-electron chi connectivity index (χ4n) is 3.81. The molecule has 0 bridgehead atoms. The van der Waals surface area contributed by atoms with Crippen LogP contribution in [-0.2, 0) is 11.3 Å². The molecule has 1 aromatic heterocycles. The Kier molecular flexibility index (Phi) is 6.92. The predicted molar refractivity (Wildman–Crippen MR) is 130 cm³/mol. The molecule has 8 heteroatoms. The molecule has 1 fully saturated rings. The number of ether oxygens (including phenoxy) is 3. The van der Waals surface area contributed by atoms with Gasteiger partial charge >= 0.3 is 0 Å². The third-order valence-corrected chi connectivity index (χ3v) is 5.93. The molecule has 0 spiro atoms. The van der Waals surface area contributed by atoms with E-state index in [4.69, 9.17) is 26.4 Å². The summed E-state index contributed by atoms with van der Waals surface area (Å²) in [6, 6.07) is 15.1.